The monoisotopic (exact) mass is 1890 g/mol. The quantitative estimate of drug-likeness (QED) is 0.0213. The van der Waals surface area contributed by atoms with E-state index < -0.39 is 104 Å². The Morgan fingerprint density at radius 3 is 1.00 bits per heavy atom. The Balaban J connectivity index is 0.000000159. The molecule has 3 saturated carbocycles. The number of nitrogens with zero attached hydrogens (tertiary/aromatic N) is 8. The second-order valence-electron chi connectivity index (χ2n) is 31.4. The minimum absolute atomic E-state index is 0.00728. The van der Waals surface area contributed by atoms with Gasteiger partial charge in [-0.2, -0.15) is 73.1 Å². The van der Waals surface area contributed by atoms with E-state index in [-0.39, 0.29) is 69.8 Å². The molecule has 4 aromatic heterocycles. The topological polar surface area (TPSA) is 296 Å². The largest absolute Gasteiger partial charge is 0.508 e. The molecule has 0 radical (unpaired) electrons. The van der Waals surface area contributed by atoms with E-state index in [0.717, 1.165) is 66.0 Å². The van der Waals surface area contributed by atoms with Crippen LogP contribution in [0.5, 0.6) is 46.5 Å². The van der Waals surface area contributed by atoms with Crippen molar-refractivity contribution in [2.75, 3.05) is 0 Å². The number of rotatable bonds is 24. The van der Waals surface area contributed by atoms with Crippen molar-refractivity contribution < 1.29 is 110 Å². The number of nitrogens with one attached hydrogen (secondary N) is 4. The van der Waals surface area contributed by atoms with Crippen LogP contribution in [0.3, 0.4) is 0 Å². The smallest absolute Gasteiger partial charge is 0.436 e. The number of benzene rings is 8. The van der Waals surface area contributed by atoms with Gasteiger partial charge in [0.1, 0.15) is 51.0 Å². The van der Waals surface area contributed by atoms with Crippen LogP contribution in [0, 0.1) is 13.8 Å². The van der Waals surface area contributed by atoms with Gasteiger partial charge >= 0.3 is 24.7 Å². The number of Topliss-reactive ketones (excluding diaryl/α,β-unsaturated/α-hetero) is 3. The van der Waals surface area contributed by atoms with Crippen molar-refractivity contribution in [3.8, 4) is 46.5 Å². The van der Waals surface area contributed by atoms with Crippen LogP contribution in [0.25, 0.3) is 5.76 Å². The number of aliphatic hydroxyl groups excluding tert-OH is 1. The summed E-state index contributed by atoms with van der Waals surface area (Å²) in [4.78, 5) is 87.2. The normalized spacial score (nSPS) is 14.0. The van der Waals surface area contributed by atoms with Gasteiger partial charge in [0.15, 0.2) is 28.7 Å². The van der Waals surface area contributed by atoms with Crippen LogP contribution in [0.4, 0.5) is 52.7 Å². The van der Waals surface area contributed by atoms with E-state index in [9.17, 15) is 91.4 Å². The molecule has 0 unspecified atom stereocenters. The van der Waals surface area contributed by atoms with E-state index in [1.165, 1.54) is 61.4 Å². The zero-order valence-corrected chi connectivity index (χ0v) is 73.9. The summed E-state index contributed by atoms with van der Waals surface area (Å²) in [7, 11) is 5.59. The fraction of sp³-hybridized carbons (Fsp3) is 0.258. The van der Waals surface area contributed by atoms with Crippen molar-refractivity contribution in [1.82, 2.24) is 60.4 Å². The van der Waals surface area contributed by atoms with Crippen LogP contribution in [-0.2, 0) is 69.5 Å². The minimum atomic E-state index is -5.04. The number of aryl methyl sites for hydroxylation is 6. The molecular weight excluding hydrogens is 1810 g/mol. The summed E-state index contributed by atoms with van der Waals surface area (Å²) >= 11 is 18.0. The average molecular weight is 1890 g/mol. The predicted octanol–water partition coefficient (Wildman–Crippen LogP) is 22.4. The Bertz CT molecular complexity index is 6410. The maximum atomic E-state index is 13.8. The number of carbonyl (C=O) groups excluding carboxylic acids is 7. The lowest BCUT2D eigenvalue weighted by molar-refractivity contribution is -0.142. The van der Waals surface area contributed by atoms with Crippen molar-refractivity contribution in [2.24, 2.45) is 28.2 Å². The Kier molecular flexibility index (Phi) is 28.3. The molecule has 0 spiro atoms. The van der Waals surface area contributed by atoms with Crippen LogP contribution in [0.15, 0.2) is 195 Å². The van der Waals surface area contributed by atoms with E-state index in [0.29, 0.717) is 108 Å². The van der Waals surface area contributed by atoms with Gasteiger partial charge in [-0.25, -0.2) is 18.7 Å². The SMILES string of the molecule is C=C(O)c1ccc([C@H](C)NC(=O)c2c(C)nn(C)c2Oc2cc(Cl)cc(Cl)c2)cc1.CC(=O)c1ccc(C2(NC(=O)c3c(C(F)(F)F)nn(C)c3Oc3cccc(C(F)(F)F)c3)CC2)cc1.CC(=O)c1ccc(C2(NC(=O)c3c(C(F)(F)F)nn(C)c3Oc3cccc(Cl)c3)CC2)cc1.CC(=O)c1ccc(C2(NC(=O)c3c(C)nn(C)c3Oc3cccc(C(F)(F)F)c3)CC2)cc1. The van der Waals surface area contributed by atoms with Gasteiger partial charge < -0.3 is 45.3 Å². The average Bonchev–Trinajstić information content (AvgIpc) is 1.58. The third kappa shape index (κ3) is 22.8. The molecule has 4 amide bonds. The van der Waals surface area contributed by atoms with Crippen molar-refractivity contribution in [2.45, 2.75) is 127 Å². The first-order chi connectivity index (χ1) is 61.9. The molecule has 132 heavy (non-hydrogen) atoms. The van der Waals surface area contributed by atoms with Gasteiger partial charge in [0, 0.05) is 65.5 Å². The molecule has 0 aliphatic heterocycles. The minimum Gasteiger partial charge on any atom is -0.508 e. The van der Waals surface area contributed by atoms with Crippen LogP contribution < -0.4 is 40.2 Å². The van der Waals surface area contributed by atoms with E-state index in [1.807, 2.05) is 31.2 Å². The van der Waals surface area contributed by atoms with Crippen LogP contribution in [0.1, 0.15) is 206 Å². The third-order valence-electron chi connectivity index (χ3n) is 21.5. The molecule has 39 heteroatoms. The lowest BCUT2D eigenvalue weighted by Crippen LogP contribution is -2.36. The first kappa shape index (κ1) is 97.3. The molecule has 8 aromatic carbocycles. The molecule has 1 atom stereocenters. The zero-order chi connectivity index (χ0) is 96.4. The van der Waals surface area contributed by atoms with Gasteiger partial charge in [0.25, 0.3) is 23.6 Å². The molecular formula is C93H81Cl3F12N12O12. The van der Waals surface area contributed by atoms with Gasteiger partial charge in [-0.3, -0.25) is 33.6 Å². The van der Waals surface area contributed by atoms with E-state index in [1.54, 1.807) is 131 Å². The lowest BCUT2D eigenvalue weighted by Gasteiger charge is -2.19. The number of halogens is 15. The van der Waals surface area contributed by atoms with Crippen molar-refractivity contribution in [3.05, 3.63) is 310 Å². The summed E-state index contributed by atoms with van der Waals surface area (Å²) in [5.41, 5.74) is -2.23. The Labute approximate surface area is 760 Å². The summed E-state index contributed by atoms with van der Waals surface area (Å²) in [6.45, 7) is 13.0. The first-order valence-electron chi connectivity index (χ1n) is 40.1. The van der Waals surface area contributed by atoms with Gasteiger partial charge in [-0.15, -0.1) is 0 Å². The molecule has 0 saturated heterocycles. The number of carbonyl (C=O) groups is 7. The van der Waals surface area contributed by atoms with Gasteiger partial charge in [0.05, 0.1) is 45.2 Å². The number of ether oxygens (including phenoxy) is 4. The molecule has 5 N–H and O–H groups in total. The highest BCUT2D eigenvalue weighted by molar-refractivity contribution is 6.35. The number of alkyl halides is 12. The summed E-state index contributed by atoms with van der Waals surface area (Å²) in [6.07, 6.45) is -15.7. The summed E-state index contributed by atoms with van der Waals surface area (Å²) in [5.74, 6) is -3.80. The Morgan fingerprint density at radius 1 is 0.386 bits per heavy atom. The number of ketones is 3. The fourth-order valence-corrected chi connectivity index (χ4v) is 14.9. The molecule has 3 fully saturated rings. The van der Waals surface area contributed by atoms with Gasteiger partial charge in [0.2, 0.25) is 23.5 Å². The molecule has 3 aliphatic rings. The van der Waals surface area contributed by atoms with Crippen LogP contribution in [0.2, 0.25) is 15.1 Å². The predicted molar refractivity (Wildman–Crippen MR) is 462 cm³/mol. The Hall–Kier alpha value is -13.7. The van der Waals surface area contributed by atoms with Gasteiger partial charge in [-0.05, 0) is 175 Å². The maximum Gasteiger partial charge on any atom is 0.436 e. The molecule has 690 valence electrons. The molecule has 24 nitrogen and oxygen atoms in total. The van der Waals surface area contributed by atoms with Crippen LogP contribution >= 0.6 is 34.8 Å². The molecule has 12 aromatic rings. The molecule has 4 heterocycles. The maximum absolute atomic E-state index is 13.8. The second-order valence-corrected chi connectivity index (χ2v) is 32.7. The molecule has 15 rings (SSSR count). The number of amides is 4. The highest BCUT2D eigenvalue weighted by Gasteiger charge is 2.52. The van der Waals surface area contributed by atoms with Crippen molar-refractivity contribution in [3.63, 3.8) is 0 Å². The summed E-state index contributed by atoms with van der Waals surface area (Å²) < 4.78 is 188. The summed E-state index contributed by atoms with van der Waals surface area (Å²) in [6, 6.07) is 45.8. The third-order valence-corrected chi connectivity index (χ3v) is 22.2. The number of hydrogen-bond donors (Lipinski definition) is 5. The van der Waals surface area contributed by atoms with Gasteiger partial charge in [-0.1, -0.05) is 157 Å². The lowest BCUT2D eigenvalue weighted by atomic mass is 10.0. The van der Waals surface area contributed by atoms with E-state index in [2.05, 4.69) is 48.2 Å². The Morgan fingerprint density at radius 2 is 0.682 bits per heavy atom. The highest BCUT2D eigenvalue weighted by Crippen LogP contribution is 2.51. The number of aliphatic hydroxyl groups is 1. The van der Waals surface area contributed by atoms with Crippen molar-refractivity contribution in [1.29, 1.82) is 0 Å². The highest BCUT2D eigenvalue weighted by atomic mass is 35.5. The summed E-state index contributed by atoms with van der Waals surface area (Å²) in [5, 5.41) is 37.4. The van der Waals surface area contributed by atoms with Crippen LogP contribution in [-0.4, -0.2) is 85.2 Å². The standard InChI is InChI=1S/C24H19F6N3O3.C24H22F3N3O3.C23H19ClF3N3O3.C22H21Cl2N3O3/c1-13(34)14-6-8-15(9-7-14)22(10-11-22)31-20(35)18-19(24(28,29)30)32-33(2)21(18)36-17-5-3-4-16(12-17)23(25,26)27;1-14-20(21(32)28-23(11-12-23)17-9-7-16(8-10-17)15(2)31)22(30(3)29-14)33-19-6-4-5-18(13-19)24(25,26)27;1-13(31)14-6-8-15(9-7-14)22(10-11-22)28-20(32)18-19(23(25,26)27)29-30(2)21(18)33-17-5-3-4-16(24)12-17;1-12(15-5-7-16(8-6-15)14(3)28)25-21(29)20-13(2)26-27(4)22(20)30-19-10-17(23)9-18(24)11-19/h3-9,12H,10-11H2,1-2H3,(H,31,35);4-10,13H,11-12H2,1-3H3,(H,28,32);3-9,12H,10-11H2,1-2H3,(H,28,32);5-12,28H,3H2,1-2,4H3,(H,25,29)/t;;;12-/m...0/s1. The first-order valence-corrected chi connectivity index (χ1v) is 41.2. The number of hydrogen-bond acceptors (Lipinski definition) is 16. The number of aromatic nitrogens is 8. The second kappa shape index (κ2) is 38.4. The molecule has 3 aliphatic carbocycles. The molecule has 0 bridgehead atoms. The van der Waals surface area contributed by atoms with Crippen molar-refractivity contribution >= 4 is 81.5 Å². The van der Waals surface area contributed by atoms with E-state index >= 15 is 0 Å². The fourth-order valence-electron chi connectivity index (χ4n) is 14.2. The zero-order valence-electron chi connectivity index (χ0n) is 71.6. The van der Waals surface area contributed by atoms with E-state index in [4.69, 9.17) is 53.8 Å².